The van der Waals surface area contributed by atoms with Crippen LogP contribution in [-0.4, -0.2) is 26.9 Å². The van der Waals surface area contributed by atoms with Crippen LogP contribution in [-0.2, 0) is 12.8 Å². The van der Waals surface area contributed by atoms with Gasteiger partial charge in [0, 0.05) is 30.3 Å². The Hall–Kier alpha value is -3.71. The molecule has 5 rings (SSSR count). The molecule has 2 aliphatic carbocycles. The highest BCUT2D eigenvalue weighted by molar-refractivity contribution is 7.80. The van der Waals surface area contributed by atoms with Gasteiger partial charge in [-0.15, -0.1) is 0 Å². The summed E-state index contributed by atoms with van der Waals surface area (Å²) in [5.74, 6) is 0.457. The molecule has 3 aromatic rings. The van der Waals surface area contributed by atoms with Gasteiger partial charge in [-0.05, 0) is 60.5 Å². The van der Waals surface area contributed by atoms with Crippen molar-refractivity contribution in [2.75, 3.05) is 5.32 Å². The summed E-state index contributed by atoms with van der Waals surface area (Å²) in [5.41, 5.74) is 4.87. The van der Waals surface area contributed by atoms with Gasteiger partial charge in [0.2, 0.25) is 0 Å². The third-order valence-corrected chi connectivity index (χ3v) is 5.98. The molecule has 6 nitrogen and oxygen atoms in total. The lowest BCUT2D eigenvalue weighted by Crippen LogP contribution is -2.35. The number of hydrogen-bond donors (Lipinski definition) is 2. The molecule has 1 heterocycles. The van der Waals surface area contributed by atoms with Crippen molar-refractivity contribution < 1.29 is 9.53 Å². The van der Waals surface area contributed by atoms with E-state index in [9.17, 15) is 4.79 Å². The number of rotatable bonds is 5. The predicted octanol–water partition coefficient (Wildman–Crippen LogP) is 4.75. The first kappa shape index (κ1) is 21.2. The van der Waals surface area contributed by atoms with Crippen molar-refractivity contribution >= 4 is 34.6 Å². The summed E-state index contributed by atoms with van der Waals surface area (Å²) >= 11 is 5.38. The molecular formula is C26H24N4O2S. The molecule has 0 aliphatic heterocycles. The van der Waals surface area contributed by atoms with Crippen molar-refractivity contribution in [2.45, 2.75) is 31.8 Å². The summed E-state index contributed by atoms with van der Waals surface area (Å²) in [6, 6.07) is 17.8. The van der Waals surface area contributed by atoms with E-state index in [0.717, 1.165) is 42.8 Å². The van der Waals surface area contributed by atoms with E-state index in [-0.39, 0.29) is 17.1 Å². The van der Waals surface area contributed by atoms with Crippen molar-refractivity contribution in [3.05, 3.63) is 95.8 Å². The highest BCUT2D eigenvalue weighted by Gasteiger charge is 2.22. The van der Waals surface area contributed by atoms with E-state index in [1.807, 2.05) is 36.4 Å². The Labute approximate surface area is 198 Å². The van der Waals surface area contributed by atoms with E-state index in [0.29, 0.717) is 5.69 Å². The molecule has 2 aliphatic rings. The number of anilines is 1. The topological polar surface area (TPSA) is 68.2 Å². The third-order valence-electron chi connectivity index (χ3n) is 5.77. The Morgan fingerprint density at radius 1 is 1.09 bits per heavy atom. The van der Waals surface area contributed by atoms with Gasteiger partial charge in [-0.25, -0.2) is 4.68 Å². The van der Waals surface area contributed by atoms with Crippen LogP contribution >= 0.6 is 12.2 Å². The van der Waals surface area contributed by atoms with Gasteiger partial charge < -0.3 is 10.1 Å². The number of benzene rings is 2. The second-order valence-electron chi connectivity index (χ2n) is 8.11. The minimum Gasteiger partial charge on any atom is -0.490 e. The number of amides is 1. The molecule has 0 atom stereocenters. The molecule has 166 valence electrons. The normalized spacial score (nSPS) is 15.0. The van der Waals surface area contributed by atoms with Gasteiger partial charge in [-0.1, -0.05) is 42.5 Å². The molecule has 2 aromatic carbocycles. The van der Waals surface area contributed by atoms with E-state index in [4.69, 9.17) is 17.0 Å². The molecular weight excluding hydrogens is 432 g/mol. The van der Waals surface area contributed by atoms with Gasteiger partial charge in [0.05, 0.1) is 6.20 Å². The Bertz CT molecular complexity index is 1240. The second kappa shape index (κ2) is 9.42. The van der Waals surface area contributed by atoms with Crippen LogP contribution in [0.5, 0.6) is 5.75 Å². The van der Waals surface area contributed by atoms with E-state index >= 15 is 0 Å². The van der Waals surface area contributed by atoms with E-state index < -0.39 is 0 Å². The molecule has 0 unspecified atom stereocenters. The van der Waals surface area contributed by atoms with Crippen LogP contribution < -0.4 is 15.4 Å². The molecule has 0 spiro atoms. The van der Waals surface area contributed by atoms with E-state index in [1.54, 1.807) is 16.9 Å². The van der Waals surface area contributed by atoms with Crippen molar-refractivity contribution in [1.29, 1.82) is 0 Å². The van der Waals surface area contributed by atoms with E-state index in [2.05, 4.69) is 46.1 Å². The van der Waals surface area contributed by atoms with Gasteiger partial charge >= 0.3 is 0 Å². The maximum absolute atomic E-state index is 12.8. The number of thiocarbonyl (C=S) groups is 1. The summed E-state index contributed by atoms with van der Waals surface area (Å²) in [6.45, 7) is 0. The Morgan fingerprint density at radius 2 is 1.91 bits per heavy atom. The molecule has 0 bridgehead atoms. The Balaban J connectivity index is 1.20. The zero-order valence-electron chi connectivity index (χ0n) is 18.0. The van der Waals surface area contributed by atoms with Gasteiger partial charge in [-0.2, -0.15) is 5.10 Å². The highest BCUT2D eigenvalue weighted by Crippen LogP contribution is 2.27. The number of carbonyl (C=O) groups is 1. The largest absolute Gasteiger partial charge is 0.490 e. The molecule has 7 heteroatoms. The summed E-state index contributed by atoms with van der Waals surface area (Å²) in [6.07, 6.45) is 11.4. The van der Waals surface area contributed by atoms with Gasteiger partial charge in [0.15, 0.2) is 5.11 Å². The first-order valence-electron chi connectivity index (χ1n) is 11.0. The predicted molar refractivity (Wildman–Crippen MR) is 133 cm³/mol. The van der Waals surface area contributed by atoms with Gasteiger partial charge in [0.25, 0.3) is 5.91 Å². The summed E-state index contributed by atoms with van der Waals surface area (Å²) in [4.78, 5) is 12.8. The maximum atomic E-state index is 12.8. The Kier molecular flexibility index (Phi) is 6.04. The minimum atomic E-state index is -0.309. The lowest BCUT2D eigenvalue weighted by Gasteiger charge is -2.15. The molecule has 0 saturated carbocycles. The number of nitrogens with one attached hydrogen (secondary N) is 2. The first-order chi connectivity index (χ1) is 16.2. The Morgan fingerprint density at radius 3 is 2.67 bits per heavy atom. The minimum absolute atomic E-state index is 0.119. The van der Waals surface area contributed by atoms with Crippen molar-refractivity contribution in [3.8, 4) is 5.75 Å². The van der Waals surface area contributed by atoms with Crippen LogP contribution in [0.2, 0.25) is 0 Å². The summed E-state index contributed by atoms with van der Waals surface area (Å²) in [5, 5.41) is 10.3. The van der Waals surface area contributed by atoms with Crippen LogP contribution in [0.15, 0.2) is 79.0 Å². The van der Waals surface area contributed by atoms with Crippen LogP contribution in [0.25, 0.3) is 5.70 Å². The van der Waals surface area contributed by atoms with Crippen molar-refractivity contribution in [2.24, 2.45) is 0 Å². The second-order valence-corrected chi connectivity index (χ2v) is 8.51. The molecule has 1 amide bonds. The van der Waals surface area contributed by atoms with Gasteiger partial charge in [-0.3, -0.25) is 10.1 Å². The molecule has 0 radical (unpaired) electrons. The maximum Gasteiger partial charge on any atom is 0.276 e. The average molecular weight is 457 g/mol. The smallest absolute Gasteiger partial charge is 0.276 e. The van der Waals surface area contributed by atoms with Crippen LogP contribution in [0.4, 0.5) is 5.69 Å². The average Bonchev–Trinajstić information content (AvgIpc) is 3.47. The lowest BCUT2D eigenvalue weighted by atomic mass is 10.1. The number of aromatic nitrogens is 2. The van der Waals surface area contributed by atoms with Crippen molar-refractivity contribution in [1.82, 2.24) is 15.1 Å². The lowest BCUT2D eigenvalue weighted by molar-refractivity contribution is 0.0970. The number of allylic oxidation sites excluding steroid dienone is 4. The van der Waals surface area contributed by atoms with Crippen LogP contribution in [0.3, 0.4) is 0 Å². The standard InChI is InChI=1S/C26H24N4O2S/c31-25(24-13-14-27-30(24)21-10-2-1-3-11-21)29-26(33)28-20-9-6-12-22(17-20)32-23-15-18-7-4-5-8-19(18)16-23/h1-2,4-10,12-14,17,23H,3,11,15-16H2,(H2,28,29,31,33). The molecule has 0 saturated heterocycles. The van der Waals surface area contributed by atoms with Crippen molar-refractivity contribution in [3.63, 3.8) is 0 Å². The number of hydrogen-bond acceptors (Lipinski definition) is 4. The fourth-order valence-electron chi connectivity index (χ4n) is 4.24. The molecule has 2 N–H and O–H groups in total. The fraction of sp³-hybridized carbons (Fsp3) is 0.192. The fourth-order valence-corrected chi connectivity index (χ4v) is 4.45. The summed E-state index contributed by atoms with van der Waals surface area (Å²) in [7, 11) is 0. The van der Waals surface area contributed by atoms with Crippen LogP contribution in [0.1, 0.15) is 34.5 Å². The molecule has 1 aromatic heterocycles. The summed E-state index contributed by atoms with van der Waals surface area (Å²) < 4.78 is 7.87. The van der Waals surface area contributed by atoms with Gasteiger partial charge in [0.1, 0.15) is 17.5 Å². The number of fused-ring (bicyclic) bond motifs is 1. The number of ether oxygens (including phenoxy) is 1. The first-order valence-corrected chi connectivity index (χ1v) is 11.4. The van der Waals surface area contributed by atoms with E-state index in [1.165, 1.54) is 11.1 Å². The quantitative estimate of drug-likeness (QED) is 0.543. The zero-order chi connectivity index (χ0) is 22.6. The molecule has 33 heavy (non-hydrogen) atoms. The molecule has 0 fully saturated rings. The third kappa shape index (κ3) is 4.88. The monoisotopic (exact) mass is 456 g/mol. The number of carbonyl (C=O) groups excluding carboxylic acids is 1. The SMILES string of the molecule is O=C(NC(=S)Nc1cccc(OC2Cc3ccccc3C2)c1)c1ccnn1C1=CC=CCC1. The highest BCUT2D eigenvalue weighted by atomic mass is 32.1. The zero-order valence-corrected chi connectivity index (χ0v) is 18.8. The van der Waals surface area contributed by atoms with Crippen LogP contribution in [0, 0.1) is 0 Å². The number of nitrogens with zero attached hydrogens (tertiary/aromatic N) is 2.